The molecule has 1 fully saturated rings. The lowest BCUT2D eigenvalue weighted by Crippen LogP contribution is -2.41. The van der Waals surface area contributed by atoms with Crippen LogP contribution in [0, 0.1) is 0 Å². The summed E-state index contributed by atoms with van der Waals surface area (Å²) in [6.45, 7) is 1.93. The first-order valence-electron chi connectivity index (χ1n) is 6.35. The summed E-state index contributed by atoms with van der Waals surface area (Å²) in [5.41, 5.74) is 0. The molecule has 0 aromatic heterocycles. The summed E-state index contributed by atoms with van der Waals surface area (Å²) in [6.07, 6.45) is 11.0. The van der Waals surface area contributed by atoms with E-state index in [0.717, 1.165) is 25.7 Å². The molecule has 0 aromatic carbocycles. The largest absolute Gasteiger partial charge is 0.468 e. The fraction of sp³-hybridized carbons (Fsp3) is 0.571. The van der Waals surface area contributed by atoms with E-state index in [4.69, 9.17) is 0 Å². The molecule has 0 aliphatic heterocycles. The number of ether oxygens (including phenoxy) is 1. The van der Waals surface area contributed by atoms with Gasteiger partial charge in [-0.3, -0.25) is 9.59 Å². The van der Waals surface area contributed by atoms with Crippen LogP contribution < -0.4 is 0 Å². The molecule has 18 heavy (non-hydrogen) atoms. The summed E-state index contributed by atoms with van der Waals surface area (Å²) in [4.78, 5) is 25.0. The number of methoxy groups -OCH3 is 1. The number of amides is 1. The predicted molar refractivity (Wildman–Crippen MR) is 69.9 cm³/mol. The van der Waals surface area contributed by atoms with E-state index in [-0.39, 0.29) is 24.5 Å². The molecular formula is C14H21NO3. The Morgan fingerprint density at radius 2 is 1.94 bits per heavy atom. The fourth-order valence-corrected chi connectivity index (χ4v) is 2.15. The Kier molecular flexibility index (Phi) is 6.19. The van der Waals surface area contributed by atoms with Crippen LogP contribution in [0.25, 0.3) is 0 Å². The Labute approximate surface area is 108 Å². The minimum absolute atomic E-state index is 0.0418. The van der Waals surface area contributed by atoms with Gasteiger partial charge < -0.3 is 9.64 Å². The maximum atomic E-state index is 12.1. The van der Waals surface area contributed by atoms with Crippen LogP contribution in [-0.4, -0.2) is 36.5 Å². The Morgan fingerprint density at radius 3 is 2.50 bits per heavy atom. The Bertz CT molecular complexity index is 341. The van der Waals surface area contributed by atoms with Crippen molar-refractivity contribution in [3.05, 3.63) is 24.3 Å². The first-order valence-corrected chi connectivity index (χ1v) is 6.35. The van der Waals surface area contributed by atoms with Gasteiger partial charge in [-0.15, -0.1) is 0 Å². The van der Waals surface area contributed by atoms with Crippen molar-refractivity contribution in [3.8, 4) is 0 Å². The lowest BCUT2D eigenvalue weighted by molar-refractivity contribution is -0.146. The molecule has 0 bridgehead atoms. The highest BCUT2D eigenvalue weighted by Crippen LogP contribution is 2.23. The second-order valence-electron chi connectivity index (χ2n) is 4.37. The van der Waals surface area contributed by atoms with Crippen molar-refractivity contribution < 1.29 is 14.3 Å². The summed E-state index contributed by atoms with van der Waals surface area (Å²) in [6, 6.07) is 0.173. The van der Waals surface area contributed by atoms with Crippen LogP contribution in [0.5, 0.6) is 0 Å². The number of hydrogen-bond acceptors (Lipinski definition) is 3. The zero-order valence-electron chi connectivity index (χ0n) is 11.1. The first-order chi connectivity index (χ1) is 8.69. The zero-order valence-corrected chi connectivity index (χ0v) is 11.1. The highest BCUT2D eigenvalue weighted by molar-refractivity contribution is 5.90. The van der Waals surface area contributed by atoms with Crippen LogP contribution in [0.2, 0.25) is 0 Å². The maximum Gasteiger partial charge on any atom is 0.325 e. The molecule has 0 unspecified atom stereocenters. The summed E-state index contributed by atoms with van der Waals surface area (Å²) in [5, 5.41) is 0. The van der Waals surface area contributed by atoms with Gasteiger partial charge in [0.2, 0.25) is 5.91 Å². The quantitative estimate of drug-likeness (QED) is 0.427. The van der Waals surface area contributed by atoms with Gasteiger partial charge in [0.15, 0.2) is 0 Å². The molecule has 1 saturated carbocycles. The van der Waals surface area contributed by atoms with Crippen LogP contribution in [0.1, 0.15) is 32.6 Å². The van der Waals surface area contributed by atoms with Gasteiger partial charge in [-0.25, -0.2) is 0 Å². The van der Waals surface area contributed by atoms with Gasteiger partial charge in [-0.1, -0.05) is 31.1 Å². The monoisotopic (exact) mass is 251 g/mol. The molecule has 0 radical (unpaired) electrons. The van der Waals surface area contributed by atoms with E-state index < -0.39 is 0 Å². The number of esters is 1. The number of carbonyl (C=O) groups excluding carboxylic acids is 2. The number of allylic oxidation sites excluding steroid dienone is 3. The van der Waals surface area contributed by atoms with Crippen LogP contribution in [0.15, 0.2) is 24.3 Å². The zero-order chi connectivity index (χ0) is 13.4. The normalized spacial score (nSPS) is 16.6. The average Bonchev–Trinajstić information content (AvgIpc) is 2.89. The van der Waals surface area contributed by atoms with Crippen molar-refractivity contribution in [1.29, 1.82) is 0 Å². The number of rotatable bonds is 5. The van der Waals surface area contributed by atoms with E-state index in [9.17, 15) is 9.59 Å². The van der Waals surface area contributed by atoms with Gasteiger partial charge in [-0.2, -0.15) is 0 Å². The van der Waals surface area contributed by atoms with Crippen molar-refractivity contribution in [1.82, 2.24) is 4.90 Å². The second kappa shape index (κ2) is 7.69. The van der Waals surface area contributed by atoms with E-state index in [1.54, 1.807) is 17.1 Å². The molecule has 1 amide bonds. The number of nitrogens with zero attached hydrogens (tertiary/aromatic N) is 1. The minimum atomic E-state index is -0.366. The van der Waals surface area contributed by atoms with Crippen molar-refractivity contribution in [2.75, 3.05) is 13.7 Å². The second-order valence-corrected chi connectivity index (χ2v) is 4.37. The van der Waals surface area contributed by atoms with Gasteiger partial charge in [0.25, 0.3) is 0 Å². The van der Waals surface area contributed by atoms with Gasteiger partial charge in [0.1, 0.15) is 6.54 Å². The SMILES string of the molecule is CC=C/C=C/C(=O)N(CC(=O)OC)C1CCCC1. The van der Waals surface area contributed by atoms with E-state index >= 15 is 0 Å². The average molecular weight is 251 g/mol. The lowest BCUT2D eigenvalue weighted by Gasteiger charge is -2.26. The predicted octanol–water partition coefficient (Wildman–Crippen LogP) is 2.06. The summed E-state index contributed by atoms with van der Waals surface area (Å²) in [5.74, 6) is -0.486. The molecule has 100 valence electrons. The van der Waals surface area contributed by atoms with E-state index in [1.807, 2.05) is 13.0 Å². The third-order valence-corrected chi connectivity index (χ3v) is 3.12. The molecule has 0 N–H and O–H groups in total. The van der Waals surface area contributed by atoms with E-state index in [0.29, 0.717) is 0 Å². The third-order valence-electron chi connectivity index (χ3n) is 3.12. The minimum Gasteiger partial charge on any atom is -0.468 e. The first kappa shape index (κ1) is 14.5. The molecular weight excluding hydrogens is 230 g/mol. The van der Waals surface area contributed by atoms with Crippen LogP contribution >= 0.6 is 0 Å². The summed E-state index contributed by atoms with van der Waals surface area (Å²) >= 11 is 0. The number of carbonyl (C=O) groups is 2. The Hall–Kier alpha value is -1.58. The highest BCUT2D eigenvalue weighted by Gasteiger charge is 2.27. The standard InChI is InChI=1S/C14H21NO3/c1-3-4-5-10-13(16)15(11-14(17)18-2)12-8-6-7-9-12/h3-5,10,12H,6-9,11H2,1-2H3/b4-3?,10-5+. The molecule has 1 aliphatic rings. The van der Waals surface area contributed by atoms with Crippen molar-refractivity contribution >= 4 is 11.9 Å². The highest BCUT2D eigenvalue weighted by atomic mass is 16.5. The summed E-state index contributed by atoms with van der Waals surface area (Å²) < 4.78 is 4.65. The van der Waals surface area contributed by atoms with Crippen LogP contribution in [0.3, 0.4) is 0 Å². The molecule has 4 nitrogen and oxygen atoms in total. The van der Waals surface area contributed by atoms with Crippen LogP contribution in [0.4, 0.5) is 0 Å². The van der Waals surface area contributed by atoms with Gasteiger partial charge in [0, 0.05) is 12.1 Å². The Morgan fingerprint density at radius 1 is 1.28 bits per heavy atom. The lowest BCUT2D eigenvalue weighted by atomic mass is 10.2. The molecule has 0 aromatic rings. The number of hydrogen-bond donors (Lipinski definition) is 0. The molecule has 4 heteroatoms. The van der Waals surface area contributed by atoms with Crippen molar-refractivity contribution in [2.45, 2.75) is 38.6 Å². The molecule has 1 rings (SSSR count). The van der Waals surface area contributed by atoms with Gasteiger partial charge >= 0.3 is 5.97 Å². The molecule has 0 heterocycles. The summed E-state index contributed by atoms with van der Waals surface area (Å²) in [7, 11) is 1.34. The van der Waals surface area contributed by atoms with Crippen molar-refractivity contribution in [3.63, 3.8) is 0 Å². The van der Waals surface area contributed by atoms with Crippen molar-refractivity contribution in [2.24, 2.45) is 0 Å². The molecule has 0 saturated heterocycles. The third kappa shape index (κ3) is 4.35. The topological polar surface area (TPSA) is 46.6 Å². The molecule has 1 aliphatic carbocycles. The molecule has 0 atom stereocenters. The Balaban J connectivity index is 2.69. The molecule has 0 spiro atoms. The van der Waals surface area contributed by atoms with Gasteiger partial charge in [0.05, 0.1) is 7.11 Å². The van der Waals surface area contributed by atoms with E-state index in [1.165, 1.54) is 13.2 Å². The fourth-order valence-electron chi connectivity index (χ4n) is 2.15. The van der Waals surface area contributed by atoms with Gasteiger partial charge in [-0.05, 0) is 19.8 Å². The van der Waals surface area contributed by atoms with Crippen LogP contribution in [-0.2, 0) is 14.3 Å². The maximum absolute atomic E-state index is 12.1. The smallest absolute Gasteiger partial charge is 0.325 e. The van der Waals surface area contributed by atoms with E-state index in [2.05, 4.69) is 4.74 Å².